The van der Waals surface area contributed by atoms with Crippen molar-refractivity contribution in [2.24, 2.45) is 0 Å². The molecule has 0 unspecified atom stereocenters. The Hall–Kier alpha value is -5.75. The van der Waals surface area contributed by atoms with Crippen LogP contribution < -0.4 is 0 Å². The Morgan fingerprint density at radius 3 is 1.75 bits per heavy atom. The summed E-state index contributed by atoms with van der Waals surface area (Å²) < 4.78 is 2.55. The maximum Gasteiger partial charge on any atom is 0.0579 e. The van der Waals surface area contributed by atoms with E-state index in [4.69, 9.17) is 0 Å². The van der Waals surface area contributed by atoms with E-state index in [1.165, 1.54) is 93.9 Å². The van der Waals surface area contributed by atoms with Crippen LogP contribution in [0.2, 0.25) is 39.3 Å². The van der Waals surface area contributed by atoms with E-state index in [1.54, 1.807) is 11.1 Å². The molecule has 2 aliphatic carbocycles. The first-order valence-corrected chi connectivity index (χ1v) is 27.1. The number of nitrogens with zero attached hydrogens (tertiary/aromatic N) is 1. The maximum absolute atomic E-state index is 2.60. The van der Waals surface area contributed by atoms with Crippen molar-refractivity contribution in [1.29, 1.82) is 0 Å². The summed E-state index contributed by atoms with van der Waals surface area (Å²) in [4.78, 5) is 0. The third kappa shape index (κ3) is 4.41. The molecule has 0 bridgehead atoms. The SMILES string of the molecule is C[Si](C)(C)C1([Si](C)(C)C)c2ccccc2-c2cc(-c3ccc4c5c(cccc35)-c3cc(-c5ccc6c(c5)c5ccccc5n6-c5ccccc5)ccc3-4)ccc21. The predicted octanol–water partition coefficient (Wildman–Crippen LogP) is 14.9. The normalized spacial score (nSPS) is 14.0. The summed E-state index contributed by atoms with van der Waals surface area (Å²) in [5, 5.41) is 5.26. The van der Waals surface area contributed by atoms with E-state index in [-0.39, 0.29) is 4.66 Å². The van der Waals surface area contributed by atoms with Crippen molar-refractivity contribution in [3.8, 4) is 61.3 Å². The summed E-state index contributed by atoms with van der Waals surface area (Å²) in [5.41, 5.74) is 20.1. The van der Waals surface area contributed by atoms with Crippen molar-refractivity contribution in [3.63, 3.8) is 0 Å². The van der Waals surface area contributed by atoms with Crippen molar-refractivity contribution < 1.29 is 0 Å². The van der Waals surface area contributed by atoms with Crippen LogP contribution in [0.3, 0.4) is 0 Å². The van der Waals surface area contributed by atoms with Crippen molar-refractivity contribution >= 4 is 48.7 Å². The van der Waals surface area contributed by atoms with Gasteiger partial charge >= 0.3 is 0 Å². The standard InChI is InChI=1S/C53H45NSi2/c1-55(2,3)53(56(4,5)6)48-21-12-10-17-40(48)46-33-36(24-29-49(46)53)38-27-28-44-39-26-23-34(31-45(39)43-20-14-19-42(38)52(43)44)35-25-30-51-47(32-35)41-18-11-13-22-50(41)54(51)37-15-8-7-9-16-37/h7-33H,1-6H3. The molecule has 11 rings (SSSR count). The van der Waals surface area contributed by atoms with Gasteiger partial charge in [-0.2, -0.15) is 0 Å². The number of rotatable bonds is 5. The molecule has 9 aromatic rings. The third-order valence-corrected chi connectivity index (χ3v) is 23.3. The highest BCUT2D eigenvalue weighted by Gasteiger charge is 2.59. The Kier molecular flexibility index (Phi) is 6.98. The lowest BCUT2D eigenvalue weighted by molar-refractivity contribution is 0.952. The Labute approximate surface area is 331 Å². The van der Waals surface area contributed by atoms with E-state index in [9.17, 15) is 0 Å². The zero-order chi connectivity index (χ0) is 38.1. The second kappa shape index (κ2) is 11.6. The van der Waals surface area contributed by atoms with E-state index in [2.05, 4.69) is 208 Å². The van der Waals surface area contributed by atoms with Gasteiger partial charge in [-0.05, 0) is 120 Å². The van der Waals surface area contributed by atoms with Crippen LogP contribution in [0.15, 0.2) is 164 Å². The Morgan fingerprint density at radius 1 is 0.357 bits per heavy atom. The summed E-state index contributed by atoms with van der Waals surface area (Å²) in [6, 6.07) is 62.2. The van der Waals surface area contributed by atoms with Crippen molar-refractivity contribution in [2.45, 2.75) is 43.9 Å². The van der Waals surface area contributed by atoms with E-state index in [0.29, 0.717) is 0 Å². The van der Waals surface area contributed by atoms with Crippen molar-refractivity contribution in [3.05, 3.63) is 175 Å². The summed E-state index contributed by atoms with van der Waals surface area (Å²) in [6.07, 6.45) is 0. The molecule has 0 spiro atoms. The van der Waals surface area contributed by atoms with E-state index in [1.807, 2.05) is 0 Å². The fourth-order valence-electron chi connectivity index (χ4n) is 11.5. The van der Waals surface area contributed by atoms with Crippen LogP contribution >= 0.6 is 0 Å². The van der Waals surface area contributed by atoms with Gasteiger partial charge in [-0.3, -0.25) is 0 Å². The third-order valence-electron chi connectivity index (χ3n) is 13.3. The zero-order valence-electron chi connectivity index (χ0n) is 33.0. The van der Waals surface area contributed by atoms with E-state index in [0.717, 1.165) is 0 Å². The van der Waals surface area contributed by atoms with Gasteiger partial charge in [0, 0.05) is 21.1 Å². The molecule has 0 fully saturated rings. The molecule has 0 saturated carbocycles. The minimum Gasteiger partial charge on any atom is -0.309 e. The fraction of sp³-hybridized carbons (Fsp3) is 0.132. The van der Waals surface area contributed by atoms with Gasteiger partial charge in [-0.25, -0.2) is 0 Å². The van der Waals surface area contributed by atoms with E-state index < -0.39 is 16.1 Å². The smallest absolute Gasteiger partial charge is 0.0579 e. The van der Waals surface area contributed by atoms with Crippen LogP contribution in [0.25, 0.3) is 93.9 Å². The topological polar surface area (TPSA) is 4.93 Å². The quantitative estimate of drug-likeness (QED) is 0.154. The number of hydrogen-bond acceptors (Lipinski definition) is 0. The lowest BCUT2D eigenvalue weighted by Crippen LogP contribution is -2.63. The molecule has 270 valence electrons. The molecule has 3 heteroatoms. The largest absolute Gasteiger partial charge is 0.309 e. The van der Waals surface area contributed by atoms with Crippen LogP contribution in [0.5, 0.6) is 0 Å². The summed E-state index contributed by atoms with van der Waals surface area (Å²) >= 11 is 0. The van der Waals surface area contributed by atoms with E-state index >= 15 is 0 Å². The number of hydrogen-bond donors (Lipinski definition) is 0. The molecule has 56 heavy (non-hydrogen) atoms. The molecule has 0 saturated heterocycles. The van der Waals surface area contributed by atoms with Crippen LogP contribution in [0.4, 0.5) is 0 Å². The Morgan fingerprint density at radius 2 is 0.929 bits per heavy atom. The molecule has 0 amide bonds. The van der Waals surface area contributed by atoms with Gasteiger partial charge in [-0.1, -0.05) is 161 Å². The maximum atomic E-state index is 2.60. The first kappa shape index (κ1) is 33.6. The average molecular weight is 752 g/mol. The highest BCUT2D eigenvalue weighted by Crippen LogP contribution is 2.59. The van der Waals surface area contributed by atoms with Crippen LogP contribution in [-0.4, -0.2) is 20.7 Å². The Bertz CT molecular complexity index is 3080. The molecule has 0 N–H and O–H groups in total. The first-order valence-electron chi connectivity index (χ1n) is 20.1. The summed E-state index contributed by atoms with van der Waals surface area (Å²) in [7, 11) is -3.41. The second-order valence-electron chi connectivity index (χ2n) is 18.1. The van der Waals surface area contributed by atoms with Crippen molar-refractivity contribution in [1.82, 2.24) is 4.57 Å². The molecule has 1 aromatic heterocycles. The molecule has 2 aliphatic rings. The monoisotopic (exact) mass is 751 g/mol. The van der Waals surface area contributed by atoms with Crippen LogP contribution in [0, 0.1) is 0 Å². The van der Waals surface area contributed by atoms with Gasteiger partial charge in [0.25, 0.3) is 0 Å². The molecule has 0 atom stereocenters. The first-order chi connectivity index (χ1) is 27.1. The minimum atomic E-state index is -1.70. The Balaban J connectivity index is 1.04. The molecule has 0 radical (unpaired) electrons. The second-order valence-corrected chi connectivity index (χ2v) is 29.1. The van der Waals surface area contributed by atoms with Crippen molar-refractivity contribution in [2.75, 3.05) is 0 Å². The highest BCUT2D eigenvalue weighted by atomic mass is 28.4. The average Bonchev–Trinajstić information content (AvgIpc) is 3.83. The van der Waals surface area contributed by atoms with Gasteiger partial charge in [0.2, 0.25) is 0 Å². The fourth-order valence-corrected chi connectivity index (χ4v) is 24.6. The molecule has 0 aliphatic heterocycles. The van der Waals surface area contributed by atoms with Gasteiger partial charge in [0.15, 0.2) is 0 Å². The lowest BCUT2D eigenvalue weighted by Gasteiger charge is -2.51. The molecule has 1 heterocycles. The number of fused-ring (bicyclic) bond motifs is 9. The summed E-state index contributed by atoms with van der Waals surface area (Å²) in [6.45, 7) is 15.6. The molecule has 8 aromatic carbocycles. The van der Waals surface area contributed by atoms with Gasteiger partial charge in [0.1, 0.15) is 0 Å². The number of para-hydroxylation sites is 2. The molecule has 1 nitrogen and oxygen atoms in total. The summed E-state index contributed by atoms with van der Waals surface area (Å²) in [5.74, 6) is 0. The predicted molar refractivity (Wildman–Crippen MR) is 246 cm³/mol. The molecular formula is C53H45NSi2. The minimum absolute atomic E-state index is 0.162. The van der Waals surface area contributed by atoms with Gasteiger partial charge in [-0.15, -0.1) is 0 Å². The zero-order valence-corrected chi connectivity index (χ0v) is 35.0. The molecular weight excluding hydrogens is 707 g/mol. The van der Waals surface area contributed by atoms with Gasteiger partial charge < -0.3 is 4.57 Å². The number of benzene rings is 8. The lowest BCUT2D eigenvalue weighted by atomic mass is 9.92. The van der Waals surface area contributed by atoms with Crippen LogP contribution in [0.1, 0.15) is 11.1 Å². The van der Waals surface area contributed by atoms with Crippen LogP contribution in [-0.2, 0) is 4.66 Å². The highest BCUT2D eigenvalue weighted by molar-refractivity contribution is 6.99. The van der Waals surface area contributed by atoms with Gasteiger partial charge in [0.05, 0.1) is 27.2 Å². The number of aromatic nitrogens is 1.